The summed E-state index contributed by atoms with van der Waals surface area (Å²) in [6.07, 6.45) is 2.31. The lowest BCUT2D eigenvalue weighted by atomic mass is 10.0. The van der Waals surface area contributed by atoms with Crippen LogP contribution < -0.4 is 0 Å². The molecule has 1 aromatic rings. The van der Waals surface area contributed by atoms with E-state index in [-0.39, 0.29) is 0 Å². The van der Waals surface area contributed by atoms with Crippen molar-refractivity contribution in [1.82, 2.24) is 0 Å². The number of benzene rings is 1. The van der Waals surface area contributed by atoms with Crippen molar-refractivity contribution in [2.75, 3.05) is 13.2 Å². The second kappa shape index (κ2) is 7.42. The molecule has 90 valence electrons. The SMILES string of the molecule is CCCOCCC(O)c1cccc(CC)c1. The first-order valence-electron chi connectivity index (χ1n) is 6.12. The Bertz CT molecular complexity index is 297. The molecule has 0 spiro atoms. The van der Waals surface area contributed by atoms with Gasteiger partial charge in [-0.3, -0.25) is 0 Å². The summed E-state index contributed by atoms with van der Waals surface area (Å²) >= 11 is 0. The van der Waals surface area contributed by atoms with Gasteiger partial charge in [-0.25, -0.2) is 0 Å². The molecule has 1 N–H and O–H groups in total. The Morgan fingerprint density at radius 1 is 1.25 bits per heavy atom. The largest absolute Gasteiger partial charge is 0.388 e. The average Bonchev–Trinajstić information content (AvgIpc) is 2.34. The fourth-order valence-electron chi connectivity index (χ4n) is 1.63. The number of aliphatic hydroxyl groups excluding tert-OH is 1. The maximum Gasteiger partial charge on any atom is 0.0812 e. The molecule has 0 fully saturated rings. The van der Waals surface area contributed by atoms with Crippen LogP contribution in [0.1, 0.15) is 43.9 Å². The van der Waals surface area contributed by atoms with E-state index in [1.165, 1.54) is 5.56 Å². The van der Waals surface area contributed by atoms with Gasteiger partial charge >= 0.3 is 0 Å². The standard InChI is InChI=1S/C14H22O2/c1-3-9-16-10-8-14(15)13-7-5-6-12(4-2)11-13/h5-7,11,14-15H,3-4,8-10H2,1-2H3. The Morgan fingerprint density at radius 2 is 2.06 bits per heavy atom. The summed E-state index contributed by atoms with van der Waals surface area (Å²) in [6, 6.07) is 8.14. The molecule has 0 heterocycles. The van der Waals surface area contributed by atoms with Gasteiger partial charge in [-0.1, -0.05) is 38.1 Å². The summed E-state index contributed by atoms with van der Waals surface area (Å²) in [5.74, 6) is 0. The molecule has 1 aromatic carbocycles. The fraction of sp³-hybridized carbons (Fsp3) is 0.571. The Kier molecular flexibility index (Phi) is 6.12. The molecule has 0 bridgehead atoms. The van der Waals surface area contributed by atoms with Gasteiger partial charge in [-0.15, -0.1) is 0 Å². The minimum absolute atomic E-state index is 0.400. The van der Waals surface area contributed by atoms with Crippen LogP contribution in [0.15, 0.2) is 24.3 Å². The number of hydrogen-bond acceptors (Lipinski definition) is 2. The van der Waals surface area contributed by atoms with Gasteiger partial charge in [0.25, 0.3) is 0 Å². The Hall–Kier alpha value is -0.860. The molecule has 0 saturated heterocycles. The fourth-order valence-corrected chi connectivity index (χ4v) is 1.63. The van der Waals surface area contributed by atoms with Crippen LogP contribution in [0.4, 0.5) is 0 Å². The predicted molar refractivity (Wildman–Crippen MR) is 66.5 cm³/mol. The lowest BCUT2D eigenvalue weighted by molar-refractivity contribution is 0.0822. The normalized spacial score (nSPS) is 12.7. The maximum absolute atomic E-state index is 9.96. The van der Waals surface area contributed by atoms with Gasteiger partial charge in [0.05, 0.1) is 6.10 Å². The zero-order chi connectivity index (χ0) is 11.8. The molecule has 0 radical (unpaired) electrons. The van der Waals surface area contributed by atoms with Crippen molar-refractivity contribution in [3.05, 3.63) is 35.4 Å². The smallest absolute Gasteiger partial charge is 0.0812 e. The molecule has 1 rings (SSSR count). The quantitative estimate of drug-likeness (QED) is 0.718. The minimum atomic E-state index is -0.400. The van der Waals surface area contributed by atoms with Crippen molar-refractivity contribution in [3.63, 3.8) is 0 Å². The van der Waals surface area contributed by atoms with E-state index in [4.69, 9.17) is 4.74 Å². The van der Waals surface area contributed by atoms with Gasteiger partial charge in [-0.05, 0) is 24.0 Å². The summed E-state index contributed by atoms with van der Waals surface area (Å²) in [5, 5.41) is 9.96. The molecule has 16 heavy (non-hydrogen) atoms. The first-order chi connectivity index (χ1) is 7.77. The third-order valence-corrected chi connectivity index (χ3v) is 2.63. The topological polar surface area (TPSA) is 29.5 Å². The number of hydrogen-bond donors (Lipinski definition) is 1. The number of ether oxygens (including phenoxy) is 1. The molecule has 1 atom stereocenters. The molecule has 0 aromatic heterocycles. The van der Waals surface area contributed by atoms with Crippen molar-refractivity contribution in [3.8, 4) is 0 Å². The monoisotopic (exact) mass is 222 g/mol. The van der Waals surface area contributed by atoms with Crippen LogP contribution >= 0.6 is 0 Å². The maximum atomic E-state index is 9.96. The number of aliphatic hydroxyl groups is 1. The molecule has 1 unspecified atom stereocenters. The Labute approximate surface area is 98.3 Å². The average molecular weight is 222 g/mol. The number of rotatable bonds is 7. The van der Waals surface area contributed by atoms with Crippen molar-refractivity contribution in [1.29, 1.82) is 0 Å². The van der Waals surface area contributed by atoms with Gasteiger partial charge in [0.1, 0.15) is 0 Å². The third kappa shape index (κ3) is 4.33. The van der Waals surface area contributed by atoms with Crippen LogP contribution in [0, 0.1) is 0 Å². The summed E-state index contributed by atoms with van der Waals surface area (Å²) < 4.78 is 5.37. The summed E-state index contributed by atoms with van der Waals surface area (Å²) in [6.45, 7) is 5.62. The van der Waals surface area contributed by atoms with Crippen molar-refractivity contribution >= 4 is 0 Å². The third-order valence-electron chi connectivity index (χ3n) is 2.63. The summed E-state index contributed by atoms with van der Waals surface area (Å²) in [4.78, 5) is 0. The van der Waals surface area contributed by atoms with Crippen LogP contribution in [-0.4, -0.2) is 18.3 Å². The lowest BCUT2D eigenvalue weighted by Gasteiger charge is -2.12. The molecular weight excluding hydrogens is 200 g/mol. The van der Waals surface area contributed by atoms with Crippen molar-refractivity contribution in [2.24, 2.45) is 0 Å². The zero-order valence-corrected chi connectivity index (χ0v) is 10.3. The minimum Gasteiger partial charge on any atom is -0.388 e. The van der Waals surface area contributed by atoms with Gasteiger partial charge in [-0.2, -0.15) is 0 Å². The van der Waals surface area contributed by atoms with Gasteiger partial charge in [0.15, 0.2) is 0 Å². The predicted octanol–water partition coefficient (Wildman–Crippen LogP) is 3.10. The van der Waals surface area contributed by atoms with Crippen molar-refractivity contribution in [2.45, 2.75) is 39.2 Å². The molecule has 0 saturated carbocycles. The Balaban J connectivity index is 2.42. The molecule has 2 heteroatoms. The van der Waals surface area contributed by atoms with Crippen molar-refractivity contribution < 1.29 is 9.84 Å². The van der Waals surface area contributed by atoms with E-state index in [0.717, 1.165) is 25.0 Å². The first kappa shape index (κ1) is 13.2. The highest BCUT2D eigenvalue weighted by Gasteiger charge is 2.07. The van der Waals surface area contributed by atoms with Crippen LogP contribution in [0.25, 0.3) is 0 Å². The molecule has 0 aliphatic carbocycles. The van der Waals surface area contributed by atoms with Crippen LogP contribution in [0.3, 0.4) is 0 Å². The van der Waals surface area contributed by atoms with Crippen LogP contribution in [0.5, 0.6) is 0 Å². The lowest BCUT2D eigenvalue weighted by Crippen LogP contribution is -2.04. The van der Waals surface area contributed by atoms with Crippen LogP contribution in [-0.2, 0) is 11.2 Å². The highest BCUT2D eigenvalue weighted by atomic mass is 16.5. The second-order valence-electron chi connectivity index (χ2n) is 4.02. The van der Waals surface area contributed by atoms with E-state index in [0.29, 0.717) is 13.0 Å². The highest BCUT2D eigenvalue weighted by Crippen LogP contribution is 2.18. The van der Waals surface area contributed by atoms with Gasteiger partial charge < -0.3 is 9.84 Å². The van der Waals surface area contributed by atoms with Gasteiger partial charge in [0.2, 0.25) is 0 Å². The van der Waals surface area contributed by atoms with E-state index in [1.54, 1.807) is 0 Å². The molecular formula is C14H22O2. The molecule has 2 nitrogen and oxygen atoms in total. The number of aryl methyl sites for hydroxylation is 1. The van der Waals surface area contributed by atoms with E-state index in [9.17, 15) is 5.11 Å². The Morgan fingerprint density at radius 3 is 2.75 bits per heavy atom. The van der Waals surface area contributed by atoms with Crippen LogP contribution in [0.2, 0.25) is 0 Å². The first-order valence-corrected chi connectivity index (χ1v) is 6.12. The van der Waals surface area contributed by atoms with E-state index < -0.39 is 6.10 Å². The summed E-state index contributed by atoms with van der Waals surface area (Å²) in [7, 11) is 0. The molecule has 0 amide bonds. The molecule has 0 aliphatic heterocycles. The highest BCUT2D eigenvalue weighted by molar-refractivity contribution is 5.25. The van der Waals surface area contributed by atoms with E-state index in [2.05, 4.69) is 26.0 Å². The summed E-state index contributed by atoms with van der Waals surface area (Å²) in [5.41, 5.74) is 2.27. The van der Waals surface area contributed by atoms with E-state index >= 15 is 0 Å². The molecule has 0 aliphatic rings. The van der Waals surface area contributed by atoms with Gasteiger partial charge in [0, 0.05) is 19.6 Å². The zero-order valence-electron chi connectivity index (χ0n) is 10.3. The second-order valence-corrected chi connectivity index (χ2v) is 4.02. The van der Waals surface area contributed by atoms with E-state index in [1.807, 2.05) is 12.1 Å².